The zero-order valence-corrected chi connectivity index (χ0v) is 22.4. The molecule has 0 aromatic heterocycles. The van der Waals surface area contributed by atoms with Gasteiger partial charge in [-0.25, -0.2) is 0 Å². The van der Waals surface area contributed by atoms with E-state index in [-0.39, 0.29) is 47.4 Å². The van der Waals surface area contributed by atoms with Crippen LogP contribution in [0.3, 0.4) is 0 Å². The standard InChI is InChI=1S/C29H41N3O2.CH2O2/c1-20-7-8-22(21(2)19-20)11-15-31-28(34)26-24-10-9-23(29(24)12-13-29)25(26)27(33)30-14-3-4-16-32-17-5-6-18-32;2-1-3/h7-10,19,23-26H,3-6,11-18H2,1-2H3,(H,30,33)(H,31,34);1H,(H,2,3)/t23-,24+,25-,26-;/m1./s1. The minimum absolute atomic E-state index is 0.0714. The maximum absolute atomic E-state index is 13.4. The molecule has 0 radical (unpaired) electrons. The van der Waals surface area contributed by atoms with Crippen LogP contribution in [-0.2, 0) is 20.8 Å². The lowest BCUT2D eigenvalue weighted by molar-refractivity contribution is -0.135. The van der Waals surface area contributed by atoms with E-state index in [0.717, 1.165) is 45.2 Å². The highest BCUT2D eigenvalue weighted by atomic mass is 16.3. The number of rotatable bonds is 10. The van der Waals surface area contributed by atoms with E-state index in [1.165, 1.54) is 42.6 Å². The number of hydrogen-bond acceptors (Lipinski definition) is 4. The predicted octanol–water partition coefficient (Wildman–Crippen LogP) is 3.48. The van der Waals surface area contributed by atoms with Gasteiger partial charge in [0, 0.05) is 13.1 Å². The Morgan fingerprint density at radius 2 is 1.59 bits per heavy atom. The monoisotopic (exact) mass is 509 g/mol. The highest BCUT2D eigenvalue weighted by Gasteiger charge is 2.69. The van der Waals surface area contributed by atoms with E-state index in [9.17, 15) is 9.59 Å². The van der Waals surface area contributed by atoms with Gasteiger partial charge in [-0.3, -0.25) is 14.4 Å². The summed E-state index contributed by atoms with van der Waals surface area (Å²) in [5.74, 6) is 0.195. The van der Waals surface area contributed by atoms with E-state index >= 15 is 0 Å². The van der Waals surface area contributed by atoms with Gasteiger partial charge in [0.05, 0.1) is 11.8 Å². The lowest BCUT2D eigenvalue weighted by Gasteiger charge is -2.26. The first kappa shape index (κ1) is 27.4. The third-order valence-electron chi connectivity index (χ3n) is 9.04. The normalized spacial score (nSPS) is 26.5. The van der Waals surface area contributed by atoms with Crippen LogP contribution in [0.4, 0.5) is 0 Å². The van der Waals surface area contributed by atoms with Gasteiger partial charge in [-0.2, -0.15) is 0 Å². The Hall–Kier alpha value is -2.67. The lowest BCUT2D eigenvalue weighted by Crippen LogP contribution is -2.44. The molecule has 1 spiro atoms. The van der Waals surface area contributed by atoms with Crippen LogP contribution in [0.5, 0.6) is 0 Å². The number of hydrogen-bond donors (Lipinski definition) is 3. The summed E-state index contributed by atoms with van der Waals surface area (Å²) in [6.07, 6.45) is 12.4. The van der Waals surface area contributed by atoms with Crippen molar-refractivity contribution in [2.45, 2.75) is 58.8 Å². The lowest BCUT2D eigenvalue weighted by atomic mass is 9.81. The summed E-state index contributed by atoms with van der Waals surface area (Å²) in [4.78, 5) is 37.6. The molecule has 2 bridgehead atoms. The number of aryl methyl sites for hydroxylation is 2. The van der Waals surface area contributed by atoms with Crippen LogP contribution in [-0.4, -0.2) is 61.0 Å². The molecule has 7 heteroatoms. The summed E-state index contributed by atoms with van der Waals surface area (Å²) in [6, 6.07) is 6.49. The highest BCUT2D eigenvalue weighted by Crippen LogP contribution is 2.72. The summed E-state index contributed by atoms with van der Waals surface area (Å²) in [6.45, 7) is 8.93. The average Bonchev–Trinajstić information content (AvgIpc) is 3.22. The van der Waals surface area contributed by atoms with Crippen LogP contribution in [0.15, 0.2) is 30.4 Å². The van der Waals surface area contributed by atoms with E-state index in [0.29, 0.717) is 6.54 Å². The van der Waals surface area contributed by atoms with Crippen molar-refractivity contribution in [2.24, 2.45) is 29.1 Å². The van der Waals surface area contributed by atoms with Gasteiger partial charge in [-0.15, -0.1) is 0 Å². The van der Waals surface area contributed by atoms with Gasteiger partial charge in [0.25, 0.3) is 6.47 Å². The number of benzene rings is 1. The topological polar surface area (TPSA) is 98.7 Å². The van der Waals surface area contributed by atoms with Gasteiger partial charge in [-0.1, -0.05) is 35.9 Å². The summed E-state index contributed by atoms with van der Waals surface area (Å²) in [5.41, 5.74) is 4.00. The molecule has 4 aliphatic rings. The van der Waals surface area contributed by atoms with Crippen LogP contribution in [0, 0.1) is 42.9 Å². The van der Waals surface area contributed by atoms with Gasteiger partial charge in [-0.05, 0) is 107 Å². The quantitative estimate of drug-likeness (QED) is 0.255. The SMILES string of the molecule is Cc1ccc(CCNC(=O)[C@H]2[C@H](C(=O)NCCCCN3CCCC3)[C@H]3C=C[C@@H]2C32CC2)c(C)c1.O=CO. The van der Waals surface area contributed by atoms with Crippen molar-refractivity contribution in [1.82, 2.24) is 15.5 Å². The molecule has 2 saturated carbocycles. The van der Waals surface area contributed by atoms with E-state index < -0.39 is 0 Å². The fourth-order valence-corrected chi connectivity index (χ4v) is 7.07. The molecule has 37 heavy (non-hydrogen) atoms. The number of nitrogens with zero attached hydrogens (tertiary/aromatic N) is 1. The van der Waals surface area contributed by atoms with Crippen molar-refractivity contribution in [3.63, 3.8) is 0 Å². The molecule has 1 heterocycles. The molecule has 3 aliphatic carbocycles. The molecule has 4 atom stereocenters. The second-order valence-electron chi connectivity index (χ2n) is 11.3. The summed E-state index contributed by atoms with van der Waals surface area (Å²) in [5, 5.41) is 13.3. The minimum atomic E-state index is -0.250. The largest absolute Gasteiger partial charge is 0.483 e. The number of unbranched alkanes of at least 4 members (excludes halogenated alkanes) is 1. The third-order valence-corrected chi connectivity index (χ3v) is 9.04. The van der Waals surface area contributed by atoms with Crippen LogP contribution in [0.25, 0.3) is 0 Å². The molecule has 1 aliphatic heterocycles. The summed E-state index contributed by atoms with van der Waals surface area (Å²) < 4.78 is 0. The zero-order valence-electron chi connectivity index (χ0n) is 22.4. The van der Waals surface area contributed by atoms with Crippen LogP contribution in [0.2, 0.25) is 0 Å². The maximum atomic E-state index is 13.4. The molecule has 1 saturated heterocycles. The first-order valence-electron chi connectivity index (χ1n) is 14.0. The molecule has 3 N–H and O–H groups in total. The molecule has 0 unspecified atom stereocenters. The van der Waals surface area contributed by atoms with Gasteiger partial charge in [0.15, 0.2) is 0 Å². The second kappa shape index (κ2) is 12.2. The Kier molecular flexibility index (Phi) is 9.06. The molecule has 2 amide bonds. The fourth-order valence-electron chi connectivity index (χ4n) is 7.07. The Morgan fingerprint density at radius 3 is 2.16 bits per heavy atom. The summed E-state index contributed by atoms with van der Waals surface area (Å²) in [7, 11) is 0. The summed E-state index contributed by atoms with van der Waals surface area (Å²) >= 11 is 0. The first-order valence-corrected chi connectivity index (χ1v) is 14.0. The predicted molar refractivity (Wildman–Crippen MR) is 144 cm³/mol. The fraction of sp³-hybridized carbons (Fsp3) is 0.633. The molecule has 202 valence electrons. The van der Waals surface area contributed by atoms with Gasteiger partial charge >= 0.3 is 0 Å². The number of likely N-dealkylation sites (tertiary alicyclic amines) is 1. The van der Waals surface area contributed by atoms with Crippen molar-refractivity contribution in [3.8, 4) is 0 Å². The van der Waals surface area contributed by atoms with Crippen molar-refractivity contribution in [2.75, 3.05) is 32.7 Å². The molecule has 1 aromatic rings. The number of carbonyl (C=O) groups excluding carboxylic acids is 2. The van der Waals surface area contributed by atoms with Crippen LogP contribution < -0.4 is 10.6 Å². The number of nitrogens with one attached hydrogen (secondary N) is 2. The van der Waals surface area contributed by atoms with Crippen molar-refractivity contribution >= 4 is 18.3 Å². The number of carboxylic acid groups (broad SMARTS) is 1. The molecule has 3 fully saturated rings. The average molecular weight is 510 g/mol. The van der Waals surface area contributed by atoms with E-state index in [1.807, 2.05) is 0 Å². The number of amides is 2. The second-order valence-corrected chi connectivity index (χ2v) is 11.3. The Balaban J connectivity index is 0.00000102. The maximum Gasteiger partial charge on any atom is 0.290 e. The smallest absolute Gasteiger partial charge is 0.290 e. The van der Waals surface area contributed by atoms with E-state index in [1.54, 1.807) is 0 Å². The minimum Gasteiger partial charge on any atom is -0.483 e. The number of carbonyl (C=O) groups is 3. The van der Waals surface area contributed by atoms with Crippen LogP contribution >= 0.6 is 0 Å². The molecule has 5 rings (SSSR count). The number of allylic oxidation sites excluding steroid dienone is 2. The van der Waals surface area contributed by atoms with E-state index in [4.69, 9.17) is 9.90 Å². The molecule has 7 nitrogen and oxygen atoms in total. The molecule has 1 aromatic carbocycles. The van der Waals surface area contributed by atoms with Gasteiger partial charge in [0.1, 0.15) is 0 Å². The molecular weight excluding hydrogens is 466 g/mol. The zero-order chi connectivity index (χ0) is 26.4. The van der Waals surface area contributed by atoms with Gasteiger partial charge < -0.3 is 20.6 Å². The highest BCUT2D eigenvalue weighted by molar-refractivity contribution is 5.90. The van der Waals surface area contributed by atoms with Gasteiger partial charge in [0.2, 0.25) is 11.8 Å². The third kappa shape index (κ3) is 6.08. The van der Waals surface area contributed by atoms with Crippen molar-refractivity contribution < 1.29 is 19.5 Å². The Bertz CT molecular complexity index is 997. The van der Waals surface area contributed by atoms with E-state index in [2.05, 4.69) is 59.7 Å². The Morgan fingerprint density at radius 1 is 1.00 bits per heavy atom. The van der Waals surface area contributed by atoms with Crippen molar-refractivity contribution in [3.05, 3.63) is 47.0 Å². The van der Waals surface area contributed by atoms with Crippen LogP contribution in [0.1, 0.15) is 55.2 Å². The van der Waals surface area contributed by atoms with Crippen molar-refractivity contribution in [1.29, 1.82) is 0 Å². The Labute approximate surface area is 221 Å². The first-order chi connectivity index (χ1) is 17.9. The molecular formula is C30H43N3O4.